The van der Waals surface area contributed by atoms with Crippen molar-refractivity contribution in [1.82, 2.24) is 10.6 Å². The van der Waals surface area contributed by atoms with Gasteiger partial charge in [0.15, 0.2) is 0 Å². The van der Waals surface area contributed by atoms with E-state index in [2.05, 4.69) is 35.1 Å². The summed E-state index contributed by atoms with van der Waals surface area (Å²) in [5, 5.41) is 9.31. The van der Waals surface area contributed by atoms with Crippen LogP contribution in [0, 0.1) is 0 Å². The summed E-state index contributed by atoms with van der Waals surface area (Å²) in [6, 6.07) is 5.50. The van der Waals surface area contributed by atoms with E-state index in [0.29, 0.717) is 12.1 Å². The maximum atomic E-state index is 3.60. The van der Waals surface area contributed by atoms with E-state index in [1.807, 2.05) is 11.3 Å². The molecule has 16 heavy (non-hydrogen) atoms. The third-order valence-electron chi connectivity index (χ3n) is 3.05. The standard InChI is InChI=1S/C12H20N2S.ClH/c1-10(12-6-4-8-15-12)14-9-11-5-2-3-7-13-11;/h4,6,8,10-11,13-14H,2-3,5,7,9H2,1H3;1H. The molecule has 1 aliphatic heterocycles. The molecule has 2 heterocycles. The first kappa shape index (κ1) is 14.0. The lowest BCUT2D eigenvalue weighted by Gasteiger charge is -2.25. The number of rotatable bonds is 4. The first-order valence-corrected chi connectivity index (χ1v) is 6.74. The van der Waals surface area contributed by atoms with Crippen LogP contribution in [-0.2, 0) is 0 Å². The van der Waals surface area contributed by atoms with Gasteiger partial charge in [0.2, 0.25) is 0 Å². The Morgan fingerprint density at radius 1 is 1.56 bits per heavy atom. The zero-order valence-corrected chi connectivity index (χ0v) is 11.4. The molecule has 4 heteroatoms. The van der Waals surface area contributed by atoms with Crippen molar-refractivity contribution >= 4 is 23.7 Å². The molecule has 0 amide bonds. The zero-order valence-electron chi connectivity index (χ0n) is 9.74. The van der Waals surface area contributed by atoms with E-state index in [4.69, 9.17) is 0 Å². The fraction of sp³-hybridized carbons (Fsp3) is 0.667. The molecule has 0 aliphatic carbocycles. The van der Waals surface area contributed by atoms with E-state index in [0.717, 1.165) is 6.54 Å². The normalized spacial score (nSPS) is 22.4. The molecule has 92 valence electrons. The summed E-state index contributed by atoms with van der Waals surface area (Å²) >= 11 is 1.83. The Kier molecular flexibility index (Phi) is 6.36. The summed E-state index contributed by atoms with van der Waals surface area (Å²) in [5.74, 6) is 0. The van der Waals surface area contributed by atoms with E-state index in [1.165, 1.54) is 30.7 Å². The molecule has 2 N–H and O–H groups in total. The number of hydrogen-bond acceptors (Lipinski definition) is 3. The van der Waals surface area contributed by atoms with Crippen molar-refractivity contribution in [2.24, 2.45) is 0 Å². The lowest BCUT2D eigenvalue weighted by Crippen LogP contribution is -2.42. The largest absolute Gasteiger partial charge is 0.313 e. The molecule has 0 aromatic carbocycles. The molecule has 1 saturated heterocycles. The van der Waals surface area contributed by atoms with Gasteiger partial charge in [-0.25, -0.2) is 0 Å². The monoisotopic (exact) mass is 260 g/mol. The average Bonchev–Trinajstić information content (AvgIpc) is 2.81. The summed E-state index contributed by atoms with van der Waals surface area (Å²) in [4.78, 5) is 1.44. The maximum Gasteiger partial charge on any atom is 0.0386 e. The highest BCUT2D eigenvalue weighted by molar-refractivity contribution is 7.10. The Labute approximate surface area is 108 Å². The highest BCUT2D eigenvalue weighted by Gasteiger charge is 2.13. The molecule has 2 unspecified atom stereocenters. The van der Waals surface area contributed by atoms with Gasteiger partial charge in [0.25, 0.3) is 0 Å². The zero-order chi connectivity index (χ0) is 10.5. The molecule has 0 radical (unpaired) electrons. The van der Waals surface area contributed by atoms with E-state index in [9.17, 15) is 0 Å². The summed E-state index contributed by atoms with van der Waals surface area (Å²) in [6.07, 6.45) is 4.05. The van der Waals surface area contributed by atoms with E-state index < -0.39 is 0 Å². The highest BCUT2D eigenvalue weighted by atomic mass is 35.5. The summed E-state index contributed by atoms with van der Waals surface area (Å²) < 4.78 is 0. The third-order valence-corrected chi connectivity index (χ3v) is 4.11. The maximum absolute atomic E-state index is 3.60. The van der Waals surface area contributed by atoms with Crippen LogP contribution in [0.1, 0.15) is 37.1 Å². The van der Waals surface area contributed by atoms with Crippen LogP contribution in [0.5, 0.6) is 0 Å². The van der Waals surface area contributed by atoms with Gasteiger partial charge >= 0.3 is 0 Å². The first-order chi connectivity index (χ1) is 7.36. The molecule has 2 rings (SSSR count). The second-order valence-electron chi connectivity index (χ2n) is 4.29. The van der Waals surface area contributed by atoms with Crippen LogP contribution in [0.15, 0.2) is 17.5 Å². The molecular weight excluding hydrogens is 240 g/mol. The first-order valence-electron chi connectivity index (χ1n) is 5.86. The van der Waals surface area contributed by atoms with Gasteiger partial charge in [0, 0.05) is 23.5 Å². The van der Waals surface area contributed by atoms with Crippen molar-refractivity contribution in [2.75, 3.05) is 13.1 Å². The van der Waals surface area contributed by atoms with Crippen LogP contribution < -0.4 is 10.6 Å². The molecule has 1 aromatic heterocycles. The molecule has 0 bridgehead atoms. The SMILES string of the molecule is CC(NCC1CCCCN1)c1cccs1.Cl. The Morgan fingerprint density at radius 3 is 3.06 bits per heavy atom. The van der Waals surface area contributed by atoms with Gasteiger partial charge in [-0.1, -0.05) is 12.5 Å². The summed E-state index contributed by atoms with van der Waals surface area (Å²) in [5.41, 5.74) is 0. The minimum absolute atomic E-state index is 0. The van der Waals surface area contributed by atoms with Crippen LogP contribution in [0.2, 0.25) is 0 Å². The van der Waals surface area contributed by atoms with Gasteiger partial charge in [-0.15, -0.1) is 23.7 Å². The van der Waals surface area contributed by atoms with Crippen LogP contribution in [0.3, 0.4) is 0 Å². The van der Waals surface area contributed by atoms with Gasteiger partial charge in [0.1, 0.15) is 0 Å². The molecular formula is C12H21ClN2S. The van der Waals surface area contributed by atoms with Gasteiger partial charge in [0.05, 0.1) is 0 Å². The fourth-order valence-corrected chi connectivity index (χ4v) is 2.81. The van der Waals surface area contributed by atoms with Crippen molar-refractivity contribution in [1.29, 1.82) is 0 Å². The minimum atomic E-state index is 0. The van der Waals surface area contributed by atoms with Crippen LogP contribution in [0.25, 0.3) is 0 Å². The number of piperidine rings is 1. The van der Waals surface area contributed by atoms with Gasteiger partial charge in [-0.3, -0.25) is 0 Å². The van der Waals surface area contributed by atoms with Crippen molar-refractivity contribution < 1.29 is 0 Å². The Bertz CT molecular complexity index is 271. The van der Waals surface area contributed by atoms with Crippen molar-refractivity contribution in [3.05, 3.63) is 22.4 Å². The second kappa shape index (κ2) is 7.28. The van der Waals surface area contributed by atoms with Crippen LogP contribution in [0.4, 0.5) is 0 Å². The Balaban J connectivity index is 0.00000128. The molecule has 2 atom stereocenters. The molecule has 2 nitrogen and oxygen atoms in total. The van der Waals surface area contributed by atoms with Crippen LogP contribution >= 0.6 is 23.7 Å². The number of thiophene rings is 1. The van der Waals surface area contributed by atoms with Crippen molar-refractivity contribution in [3.8, 4) is 0 Å². The molecule has 1 aliphatic rings. The predicted octanol–water partition coefficient (Wildman–Crippen LogP) is 2.96. The van der Waals surface area contributed by atoms with Crippen molar-refractivity contribution in [2.45, 2.75) is 38.3 Å². The van der Waals surface area contributed by atoms with Crippen LogP contribution in [-0.4, -0.2) is 19.1 Å². The Morgan fingerprint density at radius 2 is 2.44 bits per heavy atom. The molecule has 1 fully saturated rings. The third kappa shape index (κ3) is 4.06. The topological polar surface area (TPSA) is 24.1 Å². The lowest BCUT2D eigenvalue weighted by molar-refractivity contribution is 0.372. The van der Waals surface area contributed by atoms with Gasteiger partial charge in [-0.05, 0) is 37.8 Å². The van der Waals surface area contributed by atoms with E-state index in [1.54, 1.807) is 0 Å². The average molecular weight is 261 g/mol. The van der Waals surface area contributed by atoms with E-state index in [-0.39, 0.29) is 12.4 Å². The smallest absolute Gasteiger partial charge is 0.0386 e. The summed E-state index contributed by atoms with van der Waals surface area (Å²) in [6.45, 7) is 4.54. The second-order valence-corrected chi connectivity index (χ2v) is 5.27. The molecule has 1 aromatic rings. The predicted molar refractivity (Wildman–Crippen MR) is 73.6 cm³/mol. The van der Waals surface area contributed by atoms with Crippen molar-refractivity contribution in [3.63, 3.8) is 0 Å². The Hall–Kier alpha value is -0.0900. The van der Waals surface area contributed by atoms with E-state index >= 15 is 0 Å². The van der Waals surface area contributed by atoms with Gasteiger partial charge in [-0.2, -0.15) is 0 Å². The highest BCUT2D eigenvalue weighted by Crippen LogP contribution is 2.18. The molecule has 0 spiro atoms. The fourth-order valence-electron chi connectivity index (χ4n) is 2.06. The number of hydrogen-bond donors (Lipinski definition) is 2. The van der Waals surface area contributed by atoms with Gasteiger partial charge < -0.3 is 10.6 Å². The quantitative estimate of drug-likeness (QED) is 0.870. The minimum Gasteiger partial charge on any atom is -0.313 e. The number of nitrogens with one attached hydrogen (secondary N) is 2. The summed E-state index contributed by atoms with van der Waals surface area (Å²) in [7, 11) is 0. The number of halogens is 1. The molecule has 0 saturated carbocycles. The lowest BCUT2D eigenvalue weighted by atomic mass is 10.0.